The van der Waals surface area contributed by atoms with Crippen molar-refractivity contribution < 1.29 is 9.53 Å². The summed E-state index contributed by atoms with van der Waals surface area (Å²) >= 11 is 9.01. The predicted octanol–water partition coefficient (Wildman–Crippen LogP) is 3.95. The maximum Gasteiger partial charge on any atom is 0.254 e. The Morgan fingerprint density at radius 3 is 2.53 bits per heavy atom. The monoisotopic (exact) mass is 537 g/mol. The quantitative estimate of drug-likeness (QED) is 0.491. The molecule has 3 aromatic rings. The molecule has 2 aliphatic heterocycles. The van der Waals surface area contributed by atoms with Crippen molar-refractivity contribution in [2.75, 3.05) is 26.3 Å². The fraction of sp³-hybridized carbons (Fsp3) is 0.240. The van der Waals surface area contributed by atoms with Crippen LogP contribution in [0.4, 0.5) is 0 Å². The van der Waals surface area contributed by atoms with E-state index in [1.54, 1.807) is 0 Å². The molecule has 1 atom stereocenters. The zero-order valence-corrected chi connectivity index (χ0v) is 21.0. The van der Waals surface area contributed by atoms with E-state index in [1.165, 1.54) is 0 Å². The SMILES string of the molecule is CC1=C(C(=O)N2CCOCC2)[C@@H](c2cn(-c3ccccc3)nc2-c2ccc(Br)cc2)NC(=S)N1. The summed E-state index contributed by atoms with van der Waals surface area (Å²) in [5.41, 5.74) is 4.95. The number of nitrogens with one attached hydrogen (secondary N) is 2. The van der Waals surface area contributed by atoms with E-state index in [4.69, 9.17) is 22.1 Å². The molecular formula is C25H24BrN5O2S. The minimum absolute atomic E-state index is 0.0254. The van der Waals surface area contributed by atoms with Crippen LogP contribution in [0.25, 0.3) is 16.9 Å². The molecule has 5 rings (SSSR count). The summed E-state index contributed by atoms with van der Waals surface area (Å²) < 4.78 is 8.29. The van der Waals surface area contributed by atoms with Crippen molar-refractivity contribution >= 4 is 39.2 Å². The number of hydrogen-bond donors (Lipinski definition) is 2. The number of hydrogen-bond acceptors (Lipinski definition) is 4. The molecule has 9 heteroatoms. The minimum atomic E-state index is -0.444. The number of nitrogens with zero attached hydrogens (tertiary/aromatic N) is 3. The second-order valence-corrected chi connectivity index (χ2v) is 9.52. The average molecular weight is 538 g/mol. The van der Waals surface area contributed by atoms with Crippen LogP contribution in [-0.2, 0) is 9.53 Å². The molecule has 174 valence electrons. The van der Waals surface area contributed by atoms with Crippen molar-refractivity contribution in [2.24, 2.45) is 0 Å². The van der Waals surface area contributed by atoms with Crippen molar-refractivity contribution in [3.63, 3.8) is 0 Å². The fourth-order valence-electron chi connectivity index (χ4n) is 4.29. The lowest BCUT2D eigenvalue weighted by molar-refractivity contribution is -0.131. The number of ether oxygens (including phenoxy) is 1. The molecule has 3 heterocycles. The first-order chi connectivity index (χ1) is 16.5. The highest BCUT2D eigenvalue weighted by Crippen LogP contribution is 2.35. The smallest absolute Gasteiger partial charge is 0.254 e. The molecule has 0 radical (unpaired) electrons. The number of para-hydroxylation sites is 1. The summed E-state index contributed by atoms with van der Waals surface area (Å²) in [5, 5.41) is 11.9. The first kappa shape index (κ1) is 22.8. The van der Waals surface area contributed by atoms with E-state index < -0.39 is 6.04 Å². The van der Waals surface area contributed by atoms with E-state index >= 15 is 0 Å². The van der Waals surface area contributed by atoms with E-state index in [0.717, 1.165) is 32.7 Å². The second-order valence-electron chi connectivity index (χ2n) is 8.19. The Hall–Kier alpha value is -3.01. The number of carbonyl (C=O) groups is 1. The molecule has 7 nitrogen and oxygen atoms in total. The summed E-state index contributed by atoms with van der Waals surface area (Å²) in [5.74, 6) is -0.0254. The average Bonchev–Trinajstić information content (AvgIpc) is 3.30. The number of halogens is 1. The molecule has 2 aromatic carbocycles. The lowest BCUT2D eigenvalue weighted by Gasteiger charge is -2.34. The number of thiocarbonyl (C=S) groups is 1. The maximum atomic E-state index is 13.7. The highest BCUT2D eigenvalue weighted by Gasteiger charge is 2.35. The van der Waals surface area contributed by atoms with E-state index in [0.29, 0.717) is 37.0 Å². The van der Waals surface area contributed by atoms with Gasteiger partial charge in [0.05, 0.1) is 36.2 Å². The molecule has 2 aliphatic rings. The van der Waals surface area contributed by atoms with Crippen molar-refractivity contribution in [2.45, 2.75) is 13.0 Å². The van der Waals surface area contributed by atoms with Crippen LogP contribution in [0.2, 0.25) is 0 Å². The van der Waals surface area contributed by atoms with E-state index in [-0.39, 0.29) is 5.91 Å². The highest BCUT2D eigenvalue weighted by atomic mass is 79.9. The Morgan fingerprint density at radius 2 is 1.82 bits per heavy atom. The summed E-state index contributed by atoms with van der Waals surface area (Å²) in [6.45, 7) is 4.11. The molecule has 1 amide bonds. The van der Waals surface area contributed by atoms with Gasteiger partial charge in [-0.05, 0) is 43.4 Å². The van der Waals surface area contributed by atoms with Gasteiger partial charge < -0.3 is 20.3 Å². The summed E-state index contributed by atoms with van der Waals surface area (Å²) in [6.07, 6.45) is 1.98. The van der Waals surface area contributed by atoms with Crippen LogP contribution >= 0.6 is 28.1 Å². The van der Waals surface area contributed by atoms with Gasteiger partial charge >= 0.3 is 0 Å². The Labute approximate surface area is 211 Å². The molecule has 34 heavy (non-hydrogen) atoms. The number of carbonyl (C=O) groups excluding carboxylic acids is 1. The van der Waals surface area contributed by atoms with E-state index in [9.17, 15) is 4.79 Å². The molecule has 1 fully saturated rings. The molecule has 2 N–H and O–H groups in total. The Balaban J connectivity index is 1.64. The van der Waals surface area contributed by atoms with Crippen LogP contribution in [0.5, 0.6) is 0 Å². The molecule has 0 saturated carbocycles. The van der Waals surface area contributed by atoms with Crippen molar-refractivity contribution in [1.29, 1.82) is 0 Å². The van der Waals surface area contributed by atoms with E-state index in [1.807, 2.05) is 77.3 Å². The normalized spacial score (nSPS) is 18.5. The molecule has 0 bridgehead atoms. The van der Waals surface area contributed by atoms with Gasteiger partial charge in [0.1, 0.15) is 0 Å². The molecule has 0 unspecified atom stereocenters. The Bertz CT molecular complexity index is 1250. The molecule has 0 aliphatic carbocycles. The molecular weight excluding hydrogens is 514 g/mol. The highest BCUT2D eigenvalue weighted by molar-refractivity contribution is 9.10. The van der Waals surface area contributed by atoms with Gasteiger partial charge in [0.25, 0.3) is 5.91 Å². The summed E-state index contributed by atoms with van der Waals surface area (Å²) in [6, 6.07) is 17.5. The summed E-state index contributed by atoms with van der Waals surface area (Å²) in [7, 11) is 0. The lowest BCUT2D eigenvalue weighted by atomic mass is 9.93. The molecule has 0 spiro atoms. The van der Waals surface area contributed by atoms with Crippen molar-refractivity contribution in [3.8, 4) is 16.9 Å². The van der Waals surface area contributed by atoms with Gasteiger partial charge in [-0.2, -0.15) is 5.10 Å². The van der Waals surface area contributed by atoms with Gasteiger partial charge in [-0.3, -0.25) is 4.79 Å². The van der Waals surface area contributed by atoms with Gasteiger partial charge in [0.2, 0.25) is 0 Å². The molecule has 1 aromatic heterocycles. The largest absolute Gasteiger partial charge is 0.378 e. The zero-order valence-electron chi connectivity index (χ0n) is 18.6. The third-order valence-electron chi connectivity index (χ3n) is 5.99. The van der Waals surface area contributed by atoms with Gasteiger partial charge in [0, 0.05) is 40.6 Å². The minimum Gasteiger partial charge on any atom is -0.378 e. The number of aromatic nitrogens is 2. The van der Waals surface area contributed by atoms with Crippen molar-refractivity contribution in [1.82, 2.24) is 25.3 Å². The Kier molecular flexibility index (Phi) is 6.49. The topological polar surface area (TPSA) is 71.4 Å². The van der Waals surface area contributed by atoms with E-state index in [2.05, 4.69) is 26.6 Å². The number of benzene rings is 2. The van der Waals surface area contributed by atoms with Gasteiger partial charge in [-0.15, -0.1) is 0 Å². The zero-order chi connectivity index (χ0) is 23.7. The third kappa shape index (κ3) is 4.51. The van der Waals surface area contributed by atoms with Crippen LogP contribution in [0, 0.1) is 0 Å². The second kappa shape index (κ2) is 9.69. The van der Waals surface area contributed by atoms with Crippen LogP contribution in [0.3, 0.4) is 0 Å². The predicted molar refractivity (Wildman–Crippen MR) is 138 cm³/mol. The van der Waals surface area contributed by atoms with Crippen molar-refractivity contribution in [3.05, 3.63) is 82.1 Å². The van der Waals surface area contributed by atoms with Crippen LogP contribution < -0.4 is 10.6 Å². The Morgan fingerprint density at radius 1 is 1.12 bits per heavy atom. The number of allylic oxidation sites excluding steroid dienone is 1. The van der Waals surface area contributed by atoms with Gasteiger partial charge in [0.15, 0.2) is 5.11 Å². The van der Waals surface area contributed by atoms with Crippen LogP contribution in [0.1, 0.15) is 18.5 Å². The number of amides is 1. The third-order valence-corrected chi connectivity index (χ3v) is 6.74. The first-order valence-corrected chi connectivity index (χ1v) is 12.3. The van der Waals surface area contributed by atoms with Gasteiger partial charge in [-0.25, -0.2) is 4.68 Å². The standard InChI is InChI=1S/C25H24BrN5O2S/c1-16-21(24(32)30-11-13-33-14-12-30)23(28-25(34)27-16)20-15-31(19-5-3-2-4-6-19)29-22(20)17-7-9-18(26)10-8-17/h2-10,15,23H,11-14H2,1H3,(H2,27,28,34)/t23-/m1/s1. The first-order valence-electron chi connectivity index (χ1n) is 11.1. The van der Waals surface area contributed by atoms with Gasteiger partial charge in [-0.1, -0.05) is 46.3 Å². The lowest BCUT2D eigenvalue weighted by Crippen LogP contribution is -2.49. The number of morpholine rings is 1. The molecule has 1 saturated heterocycles. The maximum absolute atomic E-state index is 13.7. The number of rotatable bonds is 4. The summed E-state index contributed by atoms with van der Waals surface area (Å²) in [4.78, 5) is 15.5. The fourth-order valence-corrected chi connectivity index (χ4v) is 4.83. The van der Waals surface area contributed by atoms with Crippen LogP contribution in [0.15, 0.2) is 76.5 Å². The van der Waals surface area contributed by atoms with Crippen LogP contribution in [-0.4, -0.2) is 52.0 Å².